The third-order valence-corrected chi connectivity index (χ3v) is 5.22. The molecule has 0 atom stereocenters. The van der Waals surface area contributed by atoms with Gasteiger partial charge in [0.2, 0.25) is 0 Å². The van der Waals surface area contributed by atoms with E-state index in [0.717, 1.165) is 22.4 Å². The van der Waals surface area contributed by atoms with Gasteiger partial charge in [0.15, 0.2) is 0 Å². The lowest BCUT2D eigenvalue weighted by molar-refractivity contribution is 0.107. The van der Waals surface area contributed by atoms with Crippen molar-refractivity contribution >= 4 is 23.3 Å². The van der Waals surface area contributed by atoms with E-state index in [4.69, 9.17) is 21.1 Å². The van der Waals surface area contributed by atoms with Crippen LogP contribution in [-0.2, 0) is 24.5 Å². The Labute approximate surface area is 181 Å². The van der Waals surface area contributed by atoms with Crippen molar-refractivity contribution in [3.05, 3.63) is 94.5 Å². The van der Waals surface area contributed by atoms with E-state index in [2.05, 4.69) is 5.32 Å². The molecule has 0 radical (unpaired) electrons. The highest BCUT2D eigenvalue weighted by molar-refractivity contribution is 6.33. The van der Waals surface area contributed by atoms with Gasteiger partial charge in [0, 0.05) is 5.56 Å². The van der Waals surface area contributed by atoms with Crippen molar-refractivity contribution in [2.75, 3.05) is 18.5 Å². The largest absolute Gasteiger partial charge is 0.491 e. The molecule has 5 nitrogen and oxygen atoms in total. The molecule has 154 valence electrons. The predicted molar refractivity (Wildman–Crippen MR) is 118 cm³/mol. The second kappa shape index (κ2) is 9.65. The SMILES string of the molecule is O=C(Nc1ccccc1Cl)N1CCOc2ccc(COCc3ccccc3)cc2C1. The van der Waals surface area contributed by atoms with Crippen LogP contribution < -0.4 is 10.1 Å². The van der Waals surface area contributed by atoms with Crippen molar-refractivity contribution in [3.63, 3.8) is 0 Å². The molecule has 1 N–H and O–H groups in total. The number of fused-ring (bicyclic) bond motifs is 1. The lowest BCUT2D eigenvalue weighted by Gasteiger charge is -2.21. The van der Waals surface area contributed by atoms with Gasteiger partial charge in [-0.2, -0.15) is 0 Å². The van der Waals surface area contributed by atoms with Crippen LogP contribution in [0.2, 0.25) is 5.02 Å². The van der Waals surface area contributed by atoms with Crippen LogP contribution in [0.25, 0.3) is 0 Å². The number of rotatable bonds is 5. The zero-order valence-electron chi connectivity index (χ0n) is 16.5. The van der Waals surface area contributed by atoms with E-state index in [0.29, 0.717) is 43.6 Å². The number of ether oxygens (including phenoxy) is 2. The lowest BCUT2D eigenvalue weighted by atomic mass is 10.1. The van der Waals surface area contributed by atoms with Gasteiger partial charge in [-0.15, -0.1) is 0 Å². The van der Waals surface area contributed by atoms with Gasteiger partial charge in [0.25, 0.3) is 0 Å². The number of nitrogens with one attached hydrogen (secondary N) is 1. The Hall–Kier alpha value is -3.02. The van der Waals surface area contributed by atoms with Crippen LogP contribution in [-0.4, -0.2) is 24.1 Å². The van der Waals surface area contributed by atoms with Crippen molar-refractivity contribution in [2.45, 2.75) is 19.8 Å². The minimum absolute atomic E-state index is 0.203. The summed E-state index contributed by atoms with van der Waals surface area (Å²) in [4.78, 5) is 14.5. The van der Waals surface area contributed by atoms with E-state index < -0.39 is 0 Å². The maximum Gasteiger partial charge on any atom is 0.322 e. The van der Waals surface area contributed by atoms with Gasteiger partial charge in [0.1, 0.15) is 12.4 Å². The molecule has 6 heteroatoms. The first-order chi connectivity index (χ1) is 14.7. The number of anilines is 1. The highest BCUT2D eigenvalue weighted by Gasteiger charge is 2.21. The fourth-order valence-electron chi connectivity index (χ4n) is 3.33. The quantitative estimate of drug-likeness (QED) is 0.592. The minimum atomic E-state index is -0.203. The highest BCUT2D eigenvalue weighted by Crippen LogP contribution is 2.26. The molecule has 4 rings (SSSR count). The first-order valence-corrected chi connectivity index (χ1v) is 10.2. The fraction of sp³-hybridized carbons (Fsp3) is 0.208. The molecule has 30 heavy (non-hydrogen) atoms. The molecule has 0 spiro atoms. The predicted octanol–water partition coefficient (Wildman–Crippen LogP) is 5.48. The van der Waals surface area contributed by atoms with Crippen LogP contribution in [0.15, 0.2) is 72.8 Å². The number of carbonyl (C=O) groups excluding carboxylic acids is 1. The Balaban J connectivity index is 1.40. The lowest BCUT2D eigenvalue weighted by Crippen LogP contribution is -2.36. The van der Waals surface area contributed by atoms with Gasteiger partial charge >= 0.3 is 6.03 Å². The second-order valence-electron chi connectivity index (χ2n) is 7.10. The molecule has 0 aromatic heterocycles. The molecule has 3 aromatic carbocycles. The van der Waals surface area contributed by atoms with Crippen molar-refractivity contribution in [3.8, 4) is 5.75 Å². The fourth-order valence-corrected chi connectivity index (χ4v) is 3.51. The summed E-state index contributed by atoms with van der Waals surface area (Å²) >= 11 is 6.16. The smallest absolute Gasteiger partial charge is 0.322 e. The number of nitrogens with zero attached hydrogens (tertiary/aromatic N) is 1. The number of halogens is 1. The third kappa shape index (κ3) is 5.12. The maximum atomic E-state index is 12.8. The van der Waals surface area contributed by atoms with Gasteiger partial charge in [-0.05, 0) is 35.4 Å². The summed E-state index contributed by atoms with van der Waals surface area (Å²) in [5, 5.41) is 3.39. The van der Waals surface area contributed by atoms with Gasteiger partial charge in [-0.1, -0.05) is 60.1 Å². The van der Waals surface area contributed by atoms with E-state index in [1.165, 1.54) is 0 Å². The molecule has 1 aliphatic rings. The number of amides is 2. The maximum absolute atomic E-state index is 12.8. The zero-order valence-corrected chi connectivity index (χ0v) is 17.3. The summed E-state index contributed by atoms with van der Waals surface area (Å²) in [5.74, 6) is 0.801. The second-order valence-corrected chi connectivity index (χ2v) is 7.51. The molecule has 0 unspecified atom stereocenters. The average Bonchev–Trinajstić information content (AvgIpc) is 2.98. The summed E-state index contributed by atoms with van der Waals surface area (Å²) in [6, 6.07) is 23.1. The third-order valence-electron chi connectivity index (χ3n) is 4.89. The van der Waals surface area contributed by atoms with Crippen molar-refractivity contribution < 1.29 is 14.3 Å². The Kier molecular flexibility index (Phi) is 6.52. The Morgan fingerprint density at radius 3 is 2.60 bits per heavy atom. The van der Waals surface area contributed by atoms with E-state index in [-0.39, 0.29) is 6.03 Å². The van der Waals surface area contributed by atoms with Gasteiger partial charge in [-0.25, -0.2) is 4.79 Å². The van der Waals surface area contributed by atoms with E-state index in [1.54, 1.807) is 17.0 Å². The number of carbonyl (C=O) groups is 1. The molecule has 2 amide bonds. The van der Waals surface area contributed by atoms with Gasteiger partial charge < -0.3 is 19.7 Å². The molecule has 0 saturated heterocycles. The van der Waals surface area contributed by atoms with Crippen molar-refractivity contribution in [1.29, 1.82) is 0 Å². The van der Waals surface area contributed by atoms with E-state index in [9.17, 15) is 4.79 Å². The van der Waals surface area contributed by atoms with Gasteiger partial charge in [0.05, 0.1) is 37.0 Å². The average molecular weight is 423 g/mol. The van der Waals surface area contributed by atoms with E-state index >= 15 is 0 Å². The Bertz CT molecular complexity index is 1010. The standard InChI is InChI=1S/C24H23ClN2O3/c25-21-8-4-5-9-22(21)26-24(28)27-12-13-30-23-11-10-19(14-20(23)15-27)17-29-16-18-6-2-1-3-7-18/h1-11,14H,12-13,15-17H2,(H,26,28). The van der Waals surface area contributed by atoms with Crippen LogP contribution >= 0.6 is 11.6 Å². The van der Waals surface area contributed by atoms with E-state index in [1.807, 2.05) is 60.7 Å². The summed E-state index contributed by atoms with van der Waals surface area (Å²) in [7, 11) is 0. The number of para-hydroxylation sites is 1. The molecule has 3 aromatic rings. The summed E-state index contributed by atoms with van der Waals surface area (Å²) in [5.41, 5.74) is 3.74. The Morgan fingerprint density at radius 1 is 1.00 bits per heavy atom. The number of benzene rings is 3. The molecule has 1 heterocycles. The first kappa shape index (κ1) is 20.3. The number of urea groups is 1. The van der Waals surface area contributed by atoms with Crippen LogP contribution in [0.1, 0.15) is 16.7 Å². The molecule has 0 saturated carbocycles. The summed E-state index contributed by atoms with van der Waals surface area (Å²) < 4.78 is 11.7. The van der Waals surface area contributed by atoms with Crippen LogP contribution in [0.4, 0.5) is 10.5 Å². The van der Waals surface area contributed by atoms with Crippen LogP contribution in [0.5, 0.6) is 5.75 Å². The monoisotopic (exact) mass is 422 g/mol. The molecule has 1 aliphatic heterocycles. The molecular weight excluding hydrogens is 400 g/mol. The number of hydrogen-bond acceptors (Lipinski definition) is 3. The molecule has 0 fully saturated rings. The highest BCUT2D eigenvalue weighted by atomic mass is 35.5. The summed E-state index contributed by atoms with van der Waals surface area (Å²) in [6.45, 7) is 2.44. The van der Waals surface area contributed by atoms with Crippen LogP contribution in [0.3, 0.4) is 0 Å². The molecule has 0 bridgehead atoms. The van der Waals surface area contributed by atoms with Crippen molar-refractivity contribution in [2.24, 2.45) is 0 Å². The molecular formula is C24H23ClN2O3. The topological polar surface area (TPSA) is 50.8 Å². The van der Waals surface area contributed by atoms with Crippen molar-refractivity contribution in [1.82, 2.24) is 4.90 Å². The zero-order chi connectivity index (χ0) is 20.8. The first-order valence-electron chi connectivity index (χ1n) is 9.86. The molecule has 0 aliphatic carbocycles. The minimum Gasteiger partial charge on any atom is -0.491 e. The van der Waals surface area contributed by atoms with Gasteiger partial charge in [-0.3, -0.25) is 0 Å². The Morgan fingerprint density at radius 2 is 1.77 bits per heavy atom. The number of hydrogen-bond donors (Lipinski definition) is 1. The normalized spacial score (nSPS) is 13.2. The van der Waals surface area contributed by atoms with Crippen LogP contribution in [0, 0.1) is 0 Å². The summed E-state index contributed by atoms with van der Waals surface area (Å²) in [6.07, 6.45) is 0.